The predicted molar refractivity (Wildman–Crippen MR) is 62.6 cm³/mol. The van der Waals surface area contributed by atoms with Crippen LogP contribution in [0.4, 0.5) is 0 Å². The molecule has 1 heterocycles. The molecule has 0 radical (unpaired) electrons. The van der Waals surface area contributed by atoms with Crippen molar-refractivity contribution in [1.82, 2.24) is 20.3 Å². The first-order chi connectivity index (χ1) is 8.58. The maximum absolute atomic E-state index is 11.7. The van der Waals surface area contributed by atoms with Crippen LogP contribution in [0.5, 0.6) is 0 Å². The van der Waals surface area contributed by atoms with Crippen molar-refractivity contribution >= 4 is 11.9 Å². The van der Waals surface area contributed by atoms with Gasteiger partial charge in [0.25, 0.3) is 5.91 Å². The monoisotopic (exact) mass is 255 g/mol. The molecule has 1 amide bonds. The minimum atomic E-state index is -0.725. The molecule has 0 aliphatic heterocycles. The number of hydrogen-bond acceptors (Lipinski definition) is 6. The summed E-state index contributed by atoms with van der Waals surface area (Å²) in [5.74, 6) is -0.959. The number of rotatable bonds is 6. The molecule has 0 aliphatic carbocycles. The Labute approximate surface area is 104 Å². The number of nitrogens with zero attached hydrogens (tertiary/aromatic N) is 3. The quantitative estimate of drug-likeness (QED) is 0.625. The number of amides is 1. The molecule has 0 saturated heterocycles. The van der Waals surface area contributed by atoms with E-state index in [9.17, 15) is 9.59 Å². The van der Waals surface area contributed by atoms with Crippen molar-refractivity contribution in [3.8, 4) is 0 Å². The molecule has 1 atom stereocenters. The summed E-state index contributed by atoms with van der Waals surface area (Å²) >= 11 is 0. The van der Waals surface area contributed by atoms with Crippen LogP contribution in [0.2, 0.25) is 0 Å². The molecule has 1 rings (SSSR count). The van der Waals surface area contributed by atoms with Crippen molar-refractivity contribution in [2.75, 3.05) is 13.2 Å². The average Bonchev–Trinajstić information content (AvgIpc) is 2.78. The first kappa shape index (κ1) is 14.1. The van der Waals surface area contributed by atoms with E-state index in [0.29, 0.717) is 13.1 Å². The smallest absolute Gasteiger partial charge is 0.328 e. The van der Waals surface area contributed by atoms with Gasteiger partial charge in [-0.3, -0.25) is 9.48 Å². The predicted octanol–water partition coefficient (Wildman–Crippen LogP) is -1.08. The number of esters is 1. The van der Waals surface area contributed by atoms with Gasteiger partial charge < -0.3 is 15.8 Å². The van der Waals surface area contributed by atoms with Gasteiger partial charge in [0.2, 0.25) is 0 Å². The SMILES string of the molecule is CCOC(=O)C(C)NC(=O)c1cn(CCN)nn1. The summed E-state index contributed by atoms with van der Waals surface area (Å²) in [6.07, 6.45) is 1.47. The topological polar surface area (TPSA) is 112 Å². The second kappa shape index (κ2) is 6.70. The number of carbonyl (C=O) groups is 2. The lowest BCUT2D eigenvalue weighted by atomic mass is 10.3. The van der Waals surface area contributed by atoms with Gasteiger partial charge in [-0.1, -0.05) is 5.21 Å². The fourth-order valence-corrected chi connectivity index (χ4v) is 1.24. The number of nitrogens with one attached hydrogen (secondary N) is 1. The van der Waals surface area contributed by atoms with Gasteiger partial charge >= 0.3 is 5.97 Å². The Kier molecular flexibility index (Phi) is 5.25. The molecule has 0 fully saturated rings. The van der Waals surface area contributed by atoms with Crippen molar-refractivity contribution in [1.29, 1.82) is 0 Å². The number of ether oxygens (including phenoxy) is 1. The van der Waals surface area contributed by atoms with Crippen molar-refractivity contribution < 1.29 is 14.3 Å². The molecular formula is C10H17N5O3. The Balaban J connectivity index is 2.56. The Morgan fingerprint density at radius 2 is 2.33 bits per heavy atom. The number of aromatic nitrogens is 3. The normalized spacial score (nSPS) is 11.9. The summed E-state index contributed by atoms with van der Waals surface area (Å²) in [7, 11) is 0. The van der Waals surface area contributed by atoms with Gasteiger partial charge in [0.15, 0.2) is 5.69 Å². The molecule has 100 valence electrons. The van der Waals surface area contributed by atoms with E-state index < -0.39 is 17.9 Å². The van der Waals surface area contributed by atoms with Gasteiger partial charge in [-0.05, 0) is 13.8 Å². The molecule has 1 aromatic rings. The number of nitrogens with two attached hydrogens (primary N) is 1. The van der Waals surface area contributed by atoms with E-state index >= 15 is 0 Å². The van der Waals surface area contributed by atoms with Gasteiger partial charge in [0.1, 0.15) is 6.04 Å². The summed E-state index contributed by atoms with van der Waals surface area (Å²) in [6, 6.07) is -0.725. The van der Waals surface area contributed by atoms with E-state index in [0.717, 1.165) is 0 Å². The van der Waals surface area contributed by atoms with Crippen molar-refractivity contribution in [2.24, 2.45) is 5.73 Å². The molecule has 0 spiro atoms. The zero-order valence-electron chi connectivity index (χ0n) is 10.4. The zero-order chi connectivity index (χ0) is 13.5. The maximum Gasteiger partial charge on any atom is 0.328 e. The molecule has 0 aromatic carbocycles. The van der Waals surface area contributed by atoms with Crippen molar-refractivity contribution in [3.63, 3.8) is 0 Å². The lowest BCUT2D eigenvalue weighted by molar-refractivity contribution is -0.144. The highest BCUT2D eigenvalue weighted by molar-refractivity contribution is 5.94. The van der Waals surface area contributed by atoms with Gasteiger partial charge in [0.05, 0.1) is 19.3 Å². The number of carbonyl (C=O) groups excluding carboxylic acids is 2. The minimum absolute atomic E-state index is 0.139. The third kappa shape index (κ3) is 3.81. The fraction of sp³-hybridized carbons (Fsp3) is 0.600. The van der Waals surface area contributed by atoms with Gasteiger partial charge in [-0.15, -0.1) is 5.10 Å². The molecule has 1 unspecified atom stereocenters. The largest absolute Gasteiger partial charge is 0.464 e. The lowest BCUT2D eigenvalue weighted by Gasteiger charge is -2.10. The highest BCUT2D eigenvalue weighted by Crippen LogP contribution is 1.95. The van der Waals surface area contributed by atoms with Crippen LogP contribution in [0, 0.1) is 0 Å². The fourth-order valence-electron chi connectivity index (χ4n) is 1.24. The van der Waals surface area contributed by atoms with E-state index in [1.54, 1.807) is 13.8 Å². The molecule has 8 nitrogen and oxygen atoms in total. The number of hydrogen-bond donors (Lipinski definition) is 2. The van der Waals surface area contributed by atoms with Crippen LogP contribution in [-0.4, -0.2) is 46.1 Å². The van der Waals surface area contributed by atoms with Crippen LogP contribution < -0.4 is 11.1 Å². The van der Waals surface area contributed by atoms with Crippen LogP contribution >= 0.6 is 0 Å². The average molecular weight is 255 g/mol. The summed E-state index contributed by atoms with van der Waals surface area (Å²) in [5, 5.41) is 9.89. The first-order valence-electron chi connectivity index (χ1n) is 5.66. The minimum Gasteiger partial charge on any atom is -0.464 e. The molecule has 1 aromatic heterocycles. The van der Waals surface area contributed by atoms with E-state index in [2.05, 4.69) is 15.6 Å². The molecule has 0 aliphatic rings. The van der Waals surface area contributed by atoms with Crippen LogP contribution in [-0.2, 0) is 16.1 Å². The summed E-state index contributed by atoms with van der Waals surface area (Å²) in [4.78, 5) is 23.0. The molecule has 18 heavy (non-hydrogen) atoms. The Morgan fingerprint density at radius 1 is 1.61 bits per heavy atom. The summed E-state index contributed by atoms with van der Waals surface area (Å²) in [6.45, 7) is 4.40. The summed E-state index contributed by atoms with van der Waals surface area (Å²) < 4.78 is 6.24. The van der Waals surface area contributed by atoms with Crippen molar-refractivity contribution in [2.45, 2.75) is 26.4 Å². The third-order valence-electron chi connectivity index (χ3n) is 2.12. The van der Waals surface area contributed by atoms with E-state index in [4.69, 9.17) is 10.5 Å². The van der Waals surface area contributed by atoms with Crippen molar-refractivity contribution in [3.05, 3.63) is 11.9 Å². The maximum atomic E-state index is 11.7. The molecular weight excluding hydrogens is 238 g/mol. The lowest BCUT2D eigenvalue weighted by Crippen LogP contribution is -2.39. The Morgan fingerprint density at radius 3 is 2.94 bits per heavy atom. The van der Waals surface area contributed by atoms with E-state index in [1.807, 2.05) is 0 Å². The Hall–Kier alpha value is -1.96. The van der Waals surface area contributed by atoms with E-state index in [1.165, 1.54) is 10.9 Å². The van der Waals surface area contributed by atoms with E-state index in [-0.39, 0.29) is 12.3 Å². The first-order valence-corrected chi connectivity index (χ1v) is 5.66. The highest BCUT2D eigenvalue weighted by atomic mass is 16.5. The summed E-state index contributed by atoms with van der Waals surface area (Å²) in [5.41, 5.74) is 5.49. The molecule has 3 N–H and O–H groups in total. The molecule has 8 heteroatoms. The van der Waals surface area contributed by atoms with Gasteiger partial charge in [-0.25, -0.2) is 4.79 Å². The van der Waals surface area contributed by atoms with Gasteiger partial charge in [-0.2, -0.15) is 0 Å². The second-order valence-corrected chi connectivity index (χ2v) is 3.60. The standard InChI is InChI=1S/C10H17N5O3/c1-3-18-10(17)7(2)12-9(16)8-6-15(5-4-11)14-13-8/h6-7H,3-5,11H2,1-2H3,(H,12,16). The third-order valence-corrected chi connectivity index (χ3v) is 2.12. The van der Waals surface area contributed by atoms with Crippen LogP contribution in [0.1, 0.15) is 24.3 Å². The molecule has 0 bridgehead atoms. The zero-order valence-corrected chi connectivity index (χ0v) is 10.4. The van der Waals surface area contributed by atoms with Gasteiger partial charge in [0, 0.05) is 6.54 Å². The second-order valence-electron chi connectivity index (χ2n) is 3.60. The Bertz CT molecular complexity index is 417. The van der Waals surface area contributed by atoms with Crippen LogP contribution in [0.25, 0.3) is 0 Å². The molecule has 0 saturated carbocycles. The highest BCUT2D eigenvalue weighted by Gasteiger charge is 2.19. The van der Waals surface area contributed by atoms with Crippen LogP contribution in [0.15, 0.2) is 6.20 Å². The van der Waals surface area contributed by atoms with Crippen LogP contribution in [0.3, 0.4) is 0 Å².